The molecule has 0 saturated carbocycles. The van der Waals surface area contributed by atoms with Crippen molar-refractivity contribution < 1.29 is 9.57 Å². The van der Waals surface area contributed by atoms with Crippen LogP contribution in [-0.2, 0) is 4.84 Å². The molecular formula is C15H24N2O2S. The van der Waals surface area contributed by atoms with Crippen LogP contribution in [0.4, 0.5) is 5.69 Å². The lowest BCUT2D eigenvalue weighted by Gasteiger charge is -2.11. The number of nitrogens with one attached hydrogen (secondary N) is 2. The molecule has 0 radical (unpaired) electrons. The molecule has 1 aromatic carbocycles. The predicted octanol–water partition coefficient (Wildman–Crippen LogP) is 3.74. The molecule has 0 spiro atoms. The lowest BCUT2D eigenvalue weighted by molar-refractivity contribution is 0.0872. The van der Waals surface area contributed by atoms with Crippen LogP contribution in [0.3, 0.4) is 0 Å². The second-order valence-corrected chi connectivity index (χ2v) is 5.37. The van der Waals surface area contributed by atoms with Crippen molar-refractivity contribution in [3.05, 3.63) is 24.3 Å². The molecule has 0 fully saturated rings. The molecule has 5 heteroatoms. The zero-order valence-electron chi connectivity index (χ0n) is 12.4. The van der Waals surface area contributed by atoms with E-state index in [4.69, 9.17) is 21.8 Å². The Morgan fingerprint density at radius 3 is 2.50 bits per heavy atom. The van der Waals surface area contributed by atoms with Gasteiger partial charge in [-0.25, -0.2) is 5.48 Å². The van der Waals surface area contributed by atoms with Crippen molar-refractivity contribution in [3.8, 4) is 5.75 Å². The Labute approximate surface area is 126 Å². The molecule has 0 saturated heterocycles. The van der Waals surface area contributed by atoms with Gasteiger partial charge < -0.3 is 10.1 Å². The predicted molar refractivity (Wildman–Crippen MR) is 87.0 cm³/mol. The number of hydrogen-bond donors (Lipinski definition) is 2. The third-order valence-electron chi connectivity index (χ3n) is 2.55. The maximum Gasteiger partial charge on any atom is 0.195 e. The molecule has 1 rings (SSSR count). The summed E-state index contributed by atoms with van der Waals surface area (Å²) in [7, 11) is 0. The molecule has 20 heavy (non-hydrogen) atoms. The smallest absolute Gasteiger partial charge is 0.195 e. The van der Waals surface area contributed by atoms with Gasteiger partial charge in [-0.05, 0) is 55.2 Å². The van der Waals surface area contributed by atoms with Gasteiger partial charge >= 0.3 is 0 Å². The van der Waals surface area contributed by atoms with Crippen molar-refractivity contribution in [2.75, 3.05) is 18.5 Å². The monoisotopic (exact) mass is 296 g/mol. The Morgan fingerprint density at radius 1 is 1.20 bits per heavy atom. The number of ether oxygens (including phenoxy) is 1. The van der Waals surface area contributed by atoms with E-state index in [1.54, 1.807) is 0 Å². The molecule has 2 N–H and O–H groups in total. The van der Waals surface area contributed by atoms with Crippen LogP contribution in [0.2, 0.25) is 0 Å². The van der Waals surface area contributed by atoms with Gasteiger partial charge in [0.2, 0.25) is 0 Å². The fourth-order valence-corrected chi connectivity index (χ4v) is 1.60. The number of rotatable bonds is 8. The molecule has 112 valence electrons. The minimum atomic E-state index is 0.451. The summed E-state index contributed by atoms with van der Waals surface area (Å²) in [5.74, 6) is 1.53. The molecule has 0 aromatic heterocycles. The zero-order valence-corrected chi connectivity index (χ0v) is 13.3. The third-order valence-corrected chi connectivity index (χ3v) is 2.73. The van der Waals surface area contributed by atoms with Crippen LogP contribution < -0.4 is 15.5 Å². The lowest BCUT2D eigenvalue weighted by Crippen LogP contribution is -2.28. The first kappa shape index (κ1) is 16.7. The number of anilines is 1. The molecule has 0 aliphatic heterocycles. The molecular weight excluding hydrogens is 272 g/mol. The summed E-state index contributed by atoms with van der Waals surface area (Å²) in [6.07, 6.45) is 2.00. The highest BCUT2D eigenvalue weighted by Crippen LogP contribution is 2.16. The fraction of sp³-hybridized carbons (Fsp3) is 0.533. The van der Waals surface area contributed by atoms with Crippen molar-refractivity contribution >= 4 is 23.0 Å². The highest BCUT2D eigenvalue weighted by Gasteiger charge is 1.99. The number of hydrogen-bond acceptors (Lipinski definition) is 3. The van der Waals surface area contributed by atoms with E-state index in [2.05, 4.69) is 24.6 Å². The quantitative estimate of drug-likeness (QED) is 0.434. The van der Waals surface area contributed by atoms with Crippen LogP contribution in [0.5, 0.6) is 5.75 Å². The van der Waals surface area contributed by atoms with Gasteiger partial charge in [0.05, 0.1) is 13.2 Å². The largest absolute Gasteiger partial charge is 0.494 e. The van der Waals surface area contributed by atoms with E-state index in [9.17, 15) is 0 Å². The van der Waals surface area contributed by atoms with Crippen LogP contribution in [0, 0.1) is 5.92 Å². The van der Waals surface area contributed by atoms with E-state index < -0.39 is 0 Å². The van der Waals surface area contributed by atoms with Gasteiger partial charge in [0.25, 0.3) is 0 Å². The van der Waals surface area contributed by atoms with Crippen molar-refractivity contribution in [1.29, 1.82) is 0 Å². The van der Waals surface area contributed by atoms with Gasteiger partial charge in [0.15, 0.2) is 5.11 Å². The van der Waals surface area contributed by atoms with E-state index in [-0.39, 0.29) is 0 Å². The minimum absolute atomic E-state index is 0.451. The molecule has 4 nitrogen and oxygen atoms in total. The topological polar surface area (TPSA) is 42.5 Å². The van der Waals surface area contributed by atoms with Gasteiger partial charge in [0.1, 0.15) is 5.75 Å². The molecule has 0 aliphatic carbocycles. The van der Waals surface area contributed by atoms with Crippen LogP contribution >= 0.6 is 12.2 Å². The van der Waals surface area contributed by atoms with E-state index in [1.165, 1.54) is 0 Å². The first-order valence-corrected chi connectivity index (χ1v) is 7.44. The van der Waals surface area contributed by atoms with Gasteiger partial charge in [-0.3, -0.25) is 4.84 Å². The maximum absolute atomic E-state index is 5.66. The van der Waals surface area contributed by atoms with Crippen LogP contribution in [-0.4, -0.2) is 18.3 Å². The second-order valence-electron chi connectivity index (χ2n) is 4.96. The standard InChI is InChI=1S/C15H24N2O2S/c1-4-10-19-17-15(20)16-13-5-7-14(8-6-13)18-11-9-12(2)3/h5-8,12H,4,9-11H2,1-3H3,(H2,16,17,20). The van der Waals surface area contributed by atoms with Crippen LogP contribution in [0.15, 0.2) is 24.3 Å². The van der Waals surface area contributed by atoms with Crippen LogP contribution in [0.25, 0.3) is 0 Å². The number of hydroxylamine groups is 1. The summed E-state index contributed by atoms with van der Waals surface area (Å²) in [6, 6.07) is 7.72. The summed E-state index contributed by atoms with van der Waals surface area (Å²) < 4.78 is 5.66. The van der Waals surface area contributed by atoms with Crippen molar-refractivity contribution in [2.24, 2.45) is 5.92 Å². The Balaban J connectivity index is 2.32. The highest BCUT2D eigenvalue weighted by molar-refractivity contribution is 7.80. The van der Waals surface area contributed by atoms with Gasteiger partial charge in [-0.2, -0.15) is 0 Å². The Morgan fingerprint density at radius 2 is 1.90 bits per heavy atom. The first-order valence-electron chi connectivity index (χ1n) is 7.03. The van der Waals surface area contributed by atoms with Crippen molar-refractivity contribution in [1.82, 2.24) is 5.48 Å². The Kier molecular flexibility index (Phi) is 7.99. The fourth-order valence-electron chi connectivity index (χ4n) is 1.42. The van der Waals surface area contributed by atoms with Gasteiger partial charge in [-0.15, -0.1) is 0 Å². The SMILES string of the molecule is CCCONC(=S)Nc1ccc(OCCC(C)C)cc1. The maximum atomic E-state index is 5.66. The zero-order chi connectivity index (χ0) is 14.8. The van der Waals surface area contributed by atoms with E-state index in [0.29, 0.717) is 17.6 Å². The van der Waals surface area contributed by atoms with Gasteiger partial charge in [-0.1, -0.05) is 20.8 Å². The second kappa shape index (κ2) is 9.55. The summed E-state index contributed by atoms with van der Waals surface area (Å²) in [4.78, 5) is 5.14. The Hall–Kier alpha value is -1.33. The number of benzene rings is 1. The average Bonchev–Trinajstić information content (AvgIpc) is 2.41. The molecule has 0 aliphatic rings. The van der Waals surface area contributed by atoms with Crippen LogP contribution in [0.1, 0.15) is 33.6 Å². The highest BCUT2D eigenvalue weighted by atomic mass is 32.1. The summed E-state index contributed by atoms with van der Waals surface area (Å²) >= 11 is 5.10. The third kappa shape index (κ3) is 7.31. The van der Waals surface area contributed by atoms with Gasteiger partial charge in [0, 0.05) is 5.69 Å². The summed E-state index contributed by atoms with van der Waals surface area (Å²) in [5.41, 5.74) is 3.58. The molecule has 0 bridgehead atoms. The number of thiocarbonyl (C=S) groups is 1. The van der Waals surface area contributed by atoms with Crippen molar-refractivity contribution in [3.63, 3.8) is 0 Å². The molecule has 0 heterocycles. The summed E-state index contributed by atoms with van der Waals surface area (Å²) in [6.45, 7) is 7.78. The average molecular weight is 296 g/mol. The van der Waals surface area contributed by atoms with E-state index in [1.807, 2.05) is 31.2 Å². The van der Waals surface area contributed by atoms with E-state index >= 15 is 0 Å². The molecule has 0 unspecified atom stereocenters. The Bertz CT molecular complexity index is 393. The van der Waals surface area contributed by atoms with Crippen molar-refractivity contribution in [2.45, 2.75) is 33.6 Å². The molecule has 1 aromatic rings. The molecule has 0 amide bonds. The van der Waals surface area contributed by atoms with E-state index in [0.717, 1.165) is 30.9 Å². The first-order chi connectivity index (χ1) is 9.61. The minimum Gasteiger partial charge on any atom is -0.494 e. The normalized spacial score (nSPS) is 10.4. The molecule has 0 atom stereocenters. The summed E-state index contributed by atoms with van der Waals surface area (Å²) in [5, 5.41) is 3.49. The lowest BCUT2D eigenvalue weighted by atomic mass is 10.1.